The summed E-state index contributed by atoms with van der Waals surface area (Å²) in [5, 5.41) is 5.85. The average molecular weight is 330 g/mol. The van der Waals surface area contributed by atoms with Crippen molar-refractivity contribution in [2.75, 3.05) is 5.32 Å². The van der Waals surface area contributed by atoms with Crippen molar-refractivity contribution in [3.05, 3.63) is 65.7 Å². The fourth-order valence-electron chi connectivity index (χ4n) is 2.77. The Bertz CT molecular complexity index is 717. The van der Waals surface area contributed by atoms with Gasteiger partial charge in [0.15, 0.2) is 0 Å². The van der Waals surface area contributed by atoms with Crippen molar-refractivity contribution < 1.29 is 13.6 Å². The summed E-state index contributed by atoms with van der Waals surface area (Å²) < 4.78 is 26.6. The van der Waals surface area contributed by atoms with E-state index in [4.69, 9.17) is 0 Å². The molecule has 126 valence electrons. The van der Waals surface area contributed by atoms with Crippen molar-refractivity contribution in [2.45, 2.75) is 31.8 Å². The third-order valence-electron chi connectivity index (χ3n) is 4.26. The Hall–Kier alpha value is -2.27. The van der Waals surface area contributed by atoms with Crippen LogP contribution in [0.15, 0.2) is 48.5 Å². The number of nitrogens with one attached hydrogen (secondary N) is 2. The van der Waals surface area contributed by atoms with Crippen LogP contribution in [-0.2, 0) is 4.79 Å². The Morgan fingerprint density at radius 3 is 2.46 bits per heavy atom. The zero-order valence-corrected chi connectivity index (χ0v) is 13.4. The van der Waals surface area contributed by atoms with E-state index in [0.717, 1.165) is 30.5 Å². The highest BCUT2D eigenvalue weighted by Crippen LogP contribution is 2.41. The van der Waals surface area contributed by atoms with Crippen LogP contribution in [0.5, 0.6) is 0 Å². The third-order valence-corrected chi connectivity index (χ3v) is 4.26. The van der Waals surface area contributed by atoms with Gasteiger partial charge in [0.2, 0.25) is 5.91 Å². The lowest BCUT2D eigenvalue weighted by atomic mass is 10.0. The fourth-order valence-corrected chi connectivity index (χ4v) is 2.77. The molecule has 1 saturated carbocycles. The number of amides is 1. The predicted octanol–water partition coefficient (Wildman–Crippen LogP) is 4.03. The SMILES string of the molecule is C[C@@H](N[C@H](c1ccccc1)C1CC1)C(=O)Nc1ccc(F)cc1F. The monoisotopic (exact) mass is 330 g/mol. The molecule has 1 aliphatic carbocycles. The van der Waals surface area contributed by atoms with Gasteiger partial charge in [-0.3, -0.25) is 10.1 Å². The van der Waals surface area contributed by atoms with Gasteiger partial charge >= 0.3 is 0 Å². The molecule has 3 rings (SSSR count). The Morgan fingerprint density at radius 1 is 1.12 bits per heavy atom. The molecule has 0 spiro atoms. The van der Waals surface area contributed by atoms with Crippen molar-refractivity contribution in [2.24, 2.45) is 5.92 Å². The summed E-state index contributed by atoms with van der Waals surface area (Å²) in [7, 11) is 0. The van der Waals surface area contributed by atoms with E-state index < -0.39 is 17.7 Å². The van der Waals surface area contributed by atoms with Crippen LogP contribution in [0.1, 0.15) is 31.4 Å². The van der Waals surface area contributed by atoms with Gasteiger partial charge in [-0.25, -0.2) is 8.78 Å². The number of carbonyl (C=O) groups excluding carboxylic acids is 1. The lowest BCUT2D eigenvalue weighted by Crippen LogP contribution is -2.41. The van der Waals surface area contributed by atoms with Crippen molar-refractivity contribution in [3.63, 3.8) is 0 Å². The van der Waals surface area contributed by atoms with E-state index in [9.17, 15) is 13.6 Å². The van der Waals surface area contributed by atoms with E-state index in [0.29, 0.717) is 5.92 Å². The standard InChI is InChI=1S/C19H20F2N2O/c1-12(19(24)23-17-10-9-15(20)11-16(17)21)22-18(14-7-8-14)13-5-3-2-4-6-13/h2-6,9-12,14,18,22H,7-8H2,1H3,(H,23,24)/t12-,18-/m1/s1. The highest BCUT2D eigenvalue weighted by atomic mass is 19.1. The lowest BCUT2D eigenvalue weighted by Gasteiger charge is -2.23. The molecule has 0 aromatic heterocycles. The minimum absolute atomic E-state index is 0.0160. The van der Waals surface area contributed by atoms with Crippen LogP contribution in [0, 0.1) is 17.6 Å². The van der Waals surface area contributed by atoms with E-state index in [-0.39, 0.29) is 17.6 Å². The number of rotatable bonds is 6. The van der Waals surface area contributed by atoms with Crippen molar-refractivity contribution in [1.29, 1.82) is 0 Å². The van der Waals surface area contributed by atoms with E-state index in [1.54, 1.807) is 6.92 Å². The molecular formula is C19H20F2N2O. The second-order valence-corrected chi connectivity index (χ2v) is 6.23. The molecule has 0 aliphatic heterocycles. The van der Waals surface area contributed by atoms with Gasteiger partial charge < -0.3 is 5.32 Å². The fraction of sp³-hybridized carbons (Fsp3) is 0.316. The van der Waals surface area contributed by atoms with Gasteiger partial charge in [0, 0.05) is 12.1 Å². The van der Waals surface area contributed by atoms with E-state index >= 15 is 0 Å². The third kappa shape index (κ3) is 3.97. The zero-order valence-electron chi connectivity index (χ0n) is 13.4. The van der Waals surface area contributed by atoms with Crippen LogP contribution in [-0.4, -0.2) is 11.9 Å². The second-order valence-electron chi connectivity index (χ2n) is 6.23. The van der Waals surface area contributed by atoms with Gasteiger partial charge in [-0.15, -0.1) is 0 Å². The van der Waals surface area contributed by atoms with Gasteiger partial charge in [0.25, 0.3) is 0 Å². The molecular weight excluding hydrogens is 310 g/mol. The summed E-state index contributed by atoms with van der Waals surface area (Å²) >= 11 is 0. The summed E-state index contributed by atoms with van der Waals surface area (Å²) in [6.45, 7) is 1.75. The van der Waals surface area contributed by atoms with Gasteiger partial charge in [0.1, 0.15) is 11.6 Å². The number of hydrogen-bond acceptors (Lipinski definition) is 2. The van der Waals surface area contributed by atoms with Crippen LogP contribution < -0.4 is 10.6 Å². The van der Waals surface area contributed by atoms with Crippen molar-refractivity contribution in [1.82, 2.24) is 5.32 Å². The van der Waals surface area contributed by atoms with Crippen molar-refractivity contribution >= 4 is 11.6 Å². The number of hydrogen-bond donors (Lipinski definition) is 2. The van der Waals surface area contributed by atoms with Crippen LogP contribution in [0.3, 0.4) is 0 Å². The topological polar surface area (TPSA) is 41.1 Å². The molecule has 2 aromatic carbocycles. The minimum Gasteiger partial charge on any atom is -0.322 e. The zero-order chi connectivity index (χ0) is 17.1. The molecule has 1 amide bonds. The van der Waals surface area contributed by atoms with Crippen LogP contribution in [0.4, 0.5) is 14.5 Å². The molecule has 1 fully saturated rings. The average Bonchev–Trinajstić information content (AvgIpc) is 3.40. The van der Waals surface area contributed by atoms with Crippen LogP contribution in [0.25, 0.3) is 0 Å². The second kappa shape index (κ2) is 7.09. The van der Waals surface area contributed by atoms with Crippen LogP contribution >= 0.6 is 0 Å². The predicted molar refractivity (Wildman–Crippen MR) is 89.5 cm³/mol. The molecule has 2 aromatic rings. The van der Waals surface area contributed by atoms with Crippen LogP contribution in [0.2, 0.25) is 0 Å². The number of halogens is 2. The highest BCUT2D eigenvalue weighted by Gasteiger charge is 2.34. The molecule has 0 radical (unpaired) electrons. The largest absolute Gasteiger partial charge is 0.322 e. The number of anilines is 1. The first-order valence-corrected chi connectivity index (χ1v) is 8.11. The maximum absolute atomic E-state index is 13.7. The molecule has 0 heterocycles. The molecule has 1 aliphatic rings. The summed E-state index contributed by atoms with van der Waals surface area (Å²) in [5.41, 5.74) is 1.13. The van der Waals surface area contributed by atoms with Gasteiger partial charge in [0.05, 0.1) is 11.7 Å². The summed E-state index contributed by atoms with van der Waals surface area (Å²) in [5.74, 6) is -1.28. The minimum atomic E-state index is -0.780. The summed E-state index contributed by atoms with van der Waals surface area (Å²) in [4.78, 5) is 12.3. The summed E-state index contributed by atoms with van der Waals surface area (Å²) in [6, 6.07) is 12.7. The molecule has 2 atom stereocenters. The lowest BCUT2D eigenvalue weighted by molar-refractivity contribution is -0.118. The smallest absolute Gasteiger partial charge is 0.241 e. The normalized spacial score (nSPS) is 16.5. The first-order chi connectivity index (χ1) is 11.5. The Morgan fingerprint density at radius 2 is 1.83 bits per heavy atom. The quantitative estimate of drug-likeness (QED) is 0.839. The maximum Gasteiger partial charge on any atom is 0.241 e. The highest BCUT2D eigenvalue weighted by molar-refractivity contribution is 5.94. The Balaban J connectivity index is 1.66. The van der Waals surface area contributed by atoms with E-state index in [1.165, 1.54) is 6.07 Å². The van der Waals surface area contributed by atoms with E-state index in [2.05, 4.69) is 10.6 Å². The molecule has 0 bridgehead atoms. The molecule has 24 heavy (non-hydrogen) atoms. The first kappa shape index (κ1) is 16.6. The molecule has 0 saturated heterocycles. The maximum atomic E-state index is 13.7. The molecule has 3 nitrogen and oxygen atoms in total. The van der Waals surface area contributed by atoms with Gasteiger partial charge in [-0.05, 0) is 43.4 Å². The van der Waals surface area contributed by atoms with Crippen molar-refractivity contribution in [3.8, 4) is 0 Å². The summed E-state index contributed by atoms with van der Waals surface area (Å²) in [6.07, 6.45) is 2.26. The Kier molecular flexibility index (Phi) is 4.90. The van der Waals surface area contributed by atoms with Gasteiger partial charge in [-0.1, -0.05) is 30.3 Å². The Labute approximate surface area is 140 Å². The first-order valence-electron chi connectivity index (χ1n) is 8.11. The van der Waals surface area contributed by atoms with E-state index in [1.807, 2.05) is 30.3 Å². The number of carbonyl (C=O) groups is 1. The molecule has 5 heteroatoms. The molecule has 0 unspecified atom stereocenters. The number of benzene rings is 2. The van der Waals surface area contributed by atoms with Gasteiger partial charge in [-0.2, -0.15) is 0 Å². The molecule has 2 N–H and O–H groups in total.